The SMILES string of the molecule is CCOc1cc(C(=O)Nc2c(C)cccc2-c2nc(C(C)C)no2)cc(OCC)c1OCC. The third-order valence-electron chi connectivity index (χ3n) is 4.87. The van der Waals surface area contributed by atoms with E-state index >= 15 is 0 Å². The van der Waals surface area contributed by atoms with Gasteiger partial charge >= 0.3 is 0 Å². The summed E-state index contributed by atoms with van der Waals surface area (Å²) in [7, 11) is 0. The first-order chi connectivity index (χ1) is 15.9. The molecule has 1 N–H and O–H groups in total. The molecule has 0 aliphatic heterocycles. The van der Waals surface area contributed by atoms with Gasteiger partial charge in [0.1, 0.15) is 0 Å². The number of nitrogens with one attached hydrogen (secondary N) is 1. The van der Waals surface area contributed by atoms with Gasteiger partial charge in [0.25, 0.3) is 11.8 Å². The molecule has 0 aliphatic rings. The molecule has 0 bridgehead atoms. The standard InChI is InChI=1S/C25H31N3O5/c1-7-30-19-13-17(14-20(31-8-2)22(19)32-9-3)24(29)26-21-16(6)11-10-12-18(21)25-27-23(15(4)5)28-33-25/h10-15H,7-9H2,1-6H3,(H,26,29). The fraction of sp³-hybridized carbons (Fsp3) is 0.400. The van der Waals surface area contributed by atoms with E-state index in [0.717, 1.165) is 5.56 Å². The molecule has 1 amide bonds. The van der Waals surface area contributed by atoms with Crippen molar-refractivity contribution in [3.8, 4) is 28.7 Å². The summed E-state index contributed by atoms with van der Waals surface area (Å²) in [6.45, 7) is 12.8. The van der Waals surface area contributed by atoms with Gasteiger partial charge in [0.15, 0.2) is 17.3 Å². The first-order valence-electron chi connectivity index (χ1n) is 11.2. The van der Waals surface area contributed by atoms with Crippen LogP contribution in [0, 0.1) is 6.92 Å². The normalized spacial score (nSPS) is 10.9. The largest absolute Gasteiger partial charge is 0.490 e. The number of ether oxygens (including phenoxy) is 3. The van der Waals surface area contributed by atoms with Gasteiger partial charge in [0.2, 0.25) is 5.75 Å². The maximum absolute atomic E-state index is 13.3. The molecule has 0 radical (unpaired) electrons. The quantitative estimate of drug-likeness (QED) is 0.426. The molecule has 0 saturated carbocycles. The van der Waals surface area contributed by atoms with E-state index in [4.69, 9.17) is 18.7 Å². The van der Waals surface area contributed by atoms with Gasteiger partial charge in [-0.15, -0.1) is 0 Å². The molecule has 8 heteroatoms. The van der Waals surface area contributed by atoms with Crippen LogP contribution >= 0.6 is 0 Å². The molecule has 0 atom stereocenters. The second-order valence-corrected chi connectivity index (χ2v) is 7.66. The van der Waals surface area contributed by atoms with Crippen molar-refractivity contribution < 1.29 is 23.5 Å². The predicted octanol–water partition coefficient (Wildman–Crippen LogP) is 5.62. The topological polar surface area (TPSA) is 95.7 Å². The molecule has 176 valence electrons. The third-order valence-corrected chi connectivity index (χ3v) is 4.87. The predicted molar refractivity (Wildman–Crippen MR) is 126 cm³/mol. The smallest absolute Gasteiger partial charge is 0.260 e. The Balaban J connectivity index is 2.00. The summed E-state index contributed by atoms with van der Waals surface area (Å²) < 4.78 is 22.7. The van der Waals surface area contributed by atoms with Crippen LogP contribution in [-0.4, -0.2) is 35.9 Å². The van der Waals surface area contributed by atoms with Crippen molar-refractivity contribution in [3.05, 3.63) is 47.3 Å². The molecule has 0 unspecified atom stereocenters. The Morgan fingerprint density at radius 2 is 1.67 bits per heavy atom. The highest BCUT2D eigenvalue weighted by atomic mass is 16.5. The van der Waals surface area contributed by atoms with E-state index < -0.39 is 0 Å². The maximum atomic E-state index is 13.3. The fourth-order valence-electron chi connectivity index (χ4n) is 3.30. The minimum absolute atomic E-state index is 0.128. The Bertz CT molecular complexity index is 1080. The molecule has 8 nitrogen and oxygen atoms in total. The number of hydrogen-bond acceptors (Lipinski definition) is 7. The van der Waals surface area contributed by atoms with Crippen LogP contribution in [0.3, 0.4) is 0 Å². The Labute approximate surface area is 194 Å². The highest BCUT2D eigenvalue weighted by molar-refractivity contribution is 6.07. The molecule has 1 aromatic heterocycles. The highest BCUT2D eigenvalue weighted by Crippen LogP contribution is 2.39. The van der Waals surface area contributed by atoms with Gasteiger partial charge in [0.05, 0.1) is 31.1 Å². The number of aromatic nitrogens is 2. The lowest BCUT2D eigenvalue weighted by atomic mass is 10.1. The molecule has 0 fully saturated rings. The van der Waals surface area contributed by atoms with E-state index in [1.165, 1.54) is 0 Å². The maximum Gasteiger partial charge on any atom is 0.260 e. The van der Waals surface area contributed by atoms with E-state index in [1.54, 1.807) is 12.1 Å². The molecule has 1 heterocycles. The van der Waals surface area contributed by atoms with Gasteiger partial charge in [-0.1, -0.05) is 31.1 Å². The Hall–Kier alpha value is -3.55. The Morgan fingerprint density at radius 3 is 2.21 bits per heavy atom. The van der Waals surface area contributed by atoms with E-state index in [0.29, 0.717) is 65.6 Å². The molecular formula is C25H31N3O5. The van der Waals surface area contributed by atoms with Crippen molar-refractivity contribution in [2.45, 2.75) is 47.5 Å². The minimum atomic E-state index is -0.320. The van der Waals surface area contributed by atoms with Crippen LogP contribution in [0.1, 0.15) is 62.3 Å². The zero-order valence-electron chi connectivity index (χ0n) is 20.0. The first-order valence-corrected chi connectivity index (χ1v) is 11.2. The molecule has 2 aromatic carbocycles. The van der Waals surface area contributed by atoms with Crippen molar-refractivity contribution in [1.82, 2.24) is 10.1 Å². The van der Waals surface area contributed by atoms with Crippen molar-refractivity contribution >= 4 is 11.6 Å². The summed E-state index contributed by atoms with van der Waals surface area (Å²) in [5.41, 5.74) is 2.51. The summed E-state index contributed by atoms with van der Waals surface area (Å²) in [6, 6.07) is 8.96. The summed E-state index contributed by atoms with van der Waals surface area (Å²) in [5.74, 6) is 2.17. The number of anilines is 1. The molecule has 0 aliphatic carbocycles. The second kappa shape index (κ2) is 10.8. The van der Waals surface area contributed by atoms with Crippen LogP contribution < -0.4 is 19.5 Å². The van der Waals surface area contributed by atoms with Crippen LogP contribution in [0.15, 0.2) is 34.9 Å². The zero-order chi connectivity index (χ0) is 24.0. The van der Waals surface area contributed by atoms with Crippen molar-refractivity contribution in [1.29, 1.82) is 0 Å². The molecular weight excluding hydrogens is 422 g/mol. The van der Waals surface area contributed by atoms with Gasteiger partial charge in [-0.05, 0) is 51.5 Å². The Morgan fingerprint density at radius 1 is 1.03 bits per heavy atom. The van der Waals surface area contributed by atoms with E-state index in [9.17, 15) is 4.79 Å². The number of carbonyl (C=O) groups is 1. The van der Waals surface area contributed by atoms with Crippen molar-refractivity contribution in [2.75, 3.05) is 25.1 Å². The molecule has 3 rings (SSSR count). The molecule has 33 heavy (non-hydrogen) atoms. The summed E-state index contributed by atoms with van der Waals surface area (Å²) in [6.07, 6.45) is 0. The molecule has 0 saturated heterocycles. The number of benzene rings is 2. The number of hydrogen-bond donors (Lipinski definition) is 1. The van der Waals surface area contributed by atoms with E-state index in [1.807, 2.05) is 59.7 Å². The summed E-state index contributed by atoms with van der Waals surface area (Å²) in [5, 5.41) is 7.05. The number of rotatable bonds is 10. The fourth-order valence-corrected chi connectivity index (χ4v) is 3.30. The van der Waals surface area contributed by atoms with E-state index in [-0.39, 0.29) is 11.8 Å². The van der Waals surface area contributed by atoms with Gasteiger partial charge in [-0.2, -0.15) is 4.98 Å². The van der Waals surface area contributed by atoms with Crippen LogP contribution in [0.2, 0.25) is 0 Å². The minimum Gasteiger partial charge on any atom is -0.490 e. The highest BCUT2D eigenvalue weighted by Gasteiger charge is 2.21. The first kappa shape index (κ1) is 24.1. The van der Waals surface area contributed by atoms with Crippen LogP contribution in [0.25, 0.3) is 11.5 Å². The molecule has 0 spiro atoms. The van der Waals surface area contributed by atoms with Gasteiger partial charge in [-0.25, -0.2) is 0 Å². The van der Waals surface area contributed by atoms with Crippen molar-refractivity contribution in [3.63, 3.8) is 0 Å². The average molecular weight is 454 g/mol. The third kappa shape index (κ3) is 5.45. The Kier molecular flexibility index (Phi) is 7.92. The summed E-state index contributed by atoms with van der Waals surface area (Å²) in [4.78, 5) is 17.8. The number of amides is 1. The van der Waals surface area contributed by atoms with Gasteiger partial charge in [-0.3, -0.25) is 4.79 Å². The number of carbonyl (C=O) groups excluding carboxylic acids is 1. The van der Waals surface area contributed by atoms with Crippen LogP contribution in [0.5, 0.6) is 17.2 Å². The monoisotopic (exact) mass is 453 g/mol. The van der Waals surface area contributed by atoms with Gasteiger partial charge < -0.3 is 24.1 Å². The van der Waals surface area contributed by atoms with Crippen LogP contribution in [0.4, 0.5) is 5.69 Å². The lowest BCUT2D eigenvalue weighted by Gasteiger charge is -2.17. The lowest BCUT2D eigenvalue weighted by molar-refractivity contribution is 0.102. The number of nitrogens with zero attached hydrogens (tertiary/aromatic N) is 2. The molecule has 3 aromatic rings. The zero-order valence-corrected chi connectivity index (χ0v) is 20.0. The van der Waals surface area contributed by atoms with Crippen LogP contribution in [-0.2, 0) is 0 Å². The number of aryl methyl sites for hydroxylation is 1. The van der Waals surface area contributed by atoms with Gasteiger partial charge in [0, 0.05) is 11.5 Å². The average Bonchev–Trinajstić information content (AvgIpc) is 3.28. The van der Waals surface area contributed by atoms with Crippen molar-refractivity contribution in [2.24, 2.45) is 0 Å². The summed E-state index contributed by atoms with van der Waals surface area (Å²) >= 11 is 0. The van der Waals surface area contributed by atoms with E-state index in [2.05, 4.69) is 15.5 Å². The second-order valence-electron chi connectivity index (χ2n) is 7.66. The lowest BCUT2D eigenvalue weighted by Crippen LogP contribution is -2.15. The number of para-hydroxylation sites is 1.